The Morgan fingerprint density at radius 1 is 1.25 bits per heavy atom. The molecule has 0 saturated heterocycles. The Hall–Kier alpha value is -0.0800. The third-order valence-electron chi connectivity index (χ3n) is 2.77. The van der Waals surface area contributed by atoms with E-state index in [0.717, 1.165) is 24.9 Å². The molecule has 0 radical (unpaired) electrons. The average Bonchev–Trinajstić information content (AvgIpc) is 1.83. The van der Waals surface area contributed by atoms with Crippen LogP contribution in [0.25, 0.3) is 0 Å². The lowest BCUT2D eigenvalue weighted by Gasteiger charge is -2.38. The quantitative estimate of drug-likeness (QED) is 0.671. The van der Waals surface area contributed by atoms with Gasteiger partial charge in [-0.05, 0) is 58.5 Å². The first-order chi connectivity index (χ1) is 5.53. The van der Waals surface area contributed by atoms with Crippen molar-refractivity contribution in [2.45, 2.75) is 39.2 Å². The van der Waals surface area contributed by atoms with Gasteiger partial charge >= 0.3 is 0 Å². The van der Waals surface area contributed by atoms with Gasteiger partial charge in [0.2, 0.25) is 0 Å². The Labute approximate surface area is 75.9 Å². The SMILES string of the molecule is CC(C)(C)NC[C@H]1CC[C@@H]1CN. The molecule has 1 rings (SSSR count). The molecule has 3 N–H and O–H groups in total. The first kappa shape index (κ1) is 10.0. The van der Waals surface area contributed by atoms with Gasteiger partial charge in [0.1, 0.15) is 0 Å². The highest BCUT2D eigenvalue weighted by atomic mass is 14.9. The minimum Gasteiger partial charge on any atom is -0.330 e. The maximum atomic E-state index is 5.64. The molecule has 0 aromatic carbocycles. The molecule has 72 valence electrons. The minimum atomic E-state index is 0.259. The number of nitrogens with one attached hydrogen (secondary N) is 1. The zero-order valence-corrected chi connectivity index (χ0v) is 8.56. The summed E-state index contributed by atoms with van der Waals surface area (Å²) in [7, 11) is 0. The zero-order valence-electron chi connectivity index (χ0n) is 8.56. The minimum absolute atomic E-state index is 0.259. The van der Waals surface area contributed by atoms with Crippen LogP contribution >= 0.6 is 0 Å². The Morgan fingerprint density at radius 3 is 2.17 bits per heavy atom. The van der Waals surface area contributed by atoms with Gasteiger partial charge in [0.25, 0.3) is 0 Å². The van der Waals surface area contributed by atoms with E-state index in [2.05, 4.69) is 26.1 Å². The predicted molar refractivity (Wildman–Crippen MR) is 53.0 cm³/mol. The van der Waals surface area contributed by atoms with Crippen molar-refractivity contribution in [1.82, 2.24) is 5.32 Å². The molecule has 1 aliphatic rings. The normalized spacial score (nSPS) is 30.0. The summed E-state index contributed by atoms with van der Waals surface area (Å²) in [6.07, 6.45) is 2.71. The molecule has 1 fully saturated rings. The van der Waals surface area contributed by atoms with E-state index in [1.807, 2.05) is 0 Å². The van der Waals surface area contributed by atoms with Crippen molar-refractivity contribution in [2.75, 3.05) is 13.1 Å². The van der Waals surface area contributed by atoms with Crippen molar-refractivity contribution in [3.63, 3.8) is 0 Å². The molecule has 0 aromatic heterocycles. The molecular formula is C10H22N2. The largest absolute Gasteiger partial charge is 0.330 e. The maximum absolute atomic E-state index is 5.64. The molecule has 0 unspecified atom stereocenters. The van der Waals surface area contributed by atoms with Gasteiger partial charge in [-0.2, -0.15) is 0 Å². The Kier molecular flexibility index (Phi) is 3.13. The molecule has 0 aromatic rings. The molecule has 0 spiro atoms. The lowest BCUT2D eigenvalue weighted by atomic mass is 9.73. The van der Waals surface area contributed by atoms with Crippen LogP contribution in [0.5, 0.6) is 0 Å². The Balaban J connectivity index is 2.16. The fourth-order valence-corrected chi connectivity index (χ4v) is 1.65. The fourth-order valence-electron chi connectivity index (χ4n) is 1.65. The summed E-state index contributed by atoms with van der Waals surface area (Å²) in [5.74, 6) is 1.63. The fraction of sp³-hybridized carbons (Fsp3) is 1.00. The van der Waals surface area contributed by atoms with E-state index in [1.165, 1.54) is 12.8 Å². The molecule has 0 heterocycles. The topological polar surface area (TPSA) is 38.0 Å². The first-order valence-corrected chi connectivity index (χ1v) is 4.98. The van der Waals surface area contributed by atoms with Crippen LogP contribution in [0.1, 0.15) is 33.6 Å². The summed E-state index contributed by atoms with van der Waals surface area (Å²) in [6.45, 7) is 8.65. The van der Waals surface area contributed by atoms with Gasteiger partial charge in [-0.3, -0.25) is 0 Å². The van der Waals surface area contributed by atoms with Crippen LogP contribution in [0.2, 0.25) is 0 Å². The molecule has 2 heteroatoms. The van der Waals surface area contributed by atoms with Crippen LogP contribution in [0.3, 0.4) is 0 Å². The van der Waals surface area contributed by atoms with E-state index in [1.54, 1.807) is 0 Å². The highest BCUT2D eigenvalue weighted by molar-refractivity contribution is 4.84. The molecule has 2 atom stereocenters. The van der Waals surface area contributed by atoms with E-state index in [0.29, 0.717) is 0 Å². The summed E-state index contributed by atoms with van der Waals surface area (Å²) < 4.78 is 0. The van der Waals surface area contributed by atoms with Gasteiger partial charge in [0, 0.05) is 5.54 Å². The summed E-state index contributed by atoms with van der Waals surface area (Å²) >= 11 is 0. The molecule has 0 amide bonds. The van der Waals surface area contributed by atoms with Gasteiger partial charge in [0.15, 0.2) is 0 Å². The average molecular weight is 170 g/mol. The van der Waals surface area contributed by atoms with E-state index < -0.39 is 0 Å². The second-order valence-corrected chi connectivity index (χ2v) is 4.96. The number of nitrogens with two attached hydrogens (primary N) is 1. The molecular weight excluding hydrogens is 148 g/mol. The second kappa shape index (κ2) is 3.75. The van der Waals surface area contributed by atoms with Crippen molar-refractivity contribution in [1.29, 1.82) is 0 Å². The van der Waals surface area contributed by atoms with Crippen molar-refractivity contribution in [2.24, 2.45) is 17.6 Å². The number of hydrogen-bond acceptors (Lipinski definition) is 2. The summed E-state index contributed by atoms with van der Waals surface area (Å²) in [5, 5.41) is 3.53. The molecule has 0 aliphatic heterocycles. The lowest BCUT2D eigenvalue weighted by molar-refractivity contribution is 0.167. The second-order valence-electron chi connectivity index (χ2n) is 4.96. The van der Waals surface area contributed by atoms with Crippen LogP contribution in [0.4, 0.5) is 0 Å². The first-order valence-electron chi connectivity index (χ1n) is 4.98. The van der Waals surface area contributed by atoms with Crippen LogP contribution in [0.15, 0.2) is 0 Å². The van der Waals surface area contributed by atoms with E-state index >= 15 is 0 Å². The highest BCUT2D eigenvalue weighted by Gasteiger charge is 2.29. The zero-order chi connectivity index (χ0) is 9.19. The van der Waals surface area contributed by atoms with Gasteiger partial charge in [0.05, 0.1) is 0 Å². The third-order valence-corrected chi connectivity index (χ3v) is 2.77. The summed E-state index contributed by atoms with van der Waals surface area (Å²) in [6, 6.07) is 0. The van der Waals surface area contributed by atoms with Crippen molar-refractivity contribution in [3.05, 3.63) is 0 Å². The Morgan fingerprint density at radius 2 is 1.83 bits per heavy atom. The van der Waals surface area contributed by atoms with Crippen molar-refractivity contribution in [3.8, 4) is 0 Å². The molecule has 12 heavy (non-hydrogen) atoms. The summed E-state index contributed by atoms with van der Waals surface area (Å²) in [5.41, 5.74) is 5.89. The van der Waals surface area contributed by atoms with Gasteiger partial charge in [-0.15, -0.1) is 0 Å². The monoisotopic (exact) mass is 170 g/mol. The number of hydrogen-bond donors (Lipinski definition) is 2. The molecule has 2 nitrogen and oxygen atoms in total. The Bertz CT molecular complexity index is 135. The van der Waals surface area contributed by atoms with E-state index in [9.17, 15) is 0 Å². The van der Waals surface area contributed by atoms with Gasteiger partial charge in [-0.1, -0.05) is 0 Å². The molecule has 1 aliphatic carbocycles. The maximum Gasteiger partial charge on any atom is 0.00966 e. The third kappa shape index (κ3) is 2.76. The van der Waals surface area contributed by atoms with Crippen LogP contribution in [0, 0.1) is 11.8 Å². The van der Waals surface area contributed by atoms with E-state index in [4.69, 9.17) is 5.73 Å². The van der Waals surface area contributed by atoms with Gasteiger partial charge < -0.3 is 11.1 Å². The smallest absolute Gasteiger partial charge is 0.00966 e. The number of rotatable bonds is 3. The van der Waals surface area contributed by atoms with Crippen molar-refractivity contribution >= 4 is 0 Å². The molecule has 0 bridgehead atoms. The lowest BCUT2D eigenvalue weighted by Crippen LogP contribution is -2.45. The summed E-state index contributed by atoms with van der Waals surface area (Å²) in [4.78, 5) is 0. The highest BCUT2D eigenvalue weighted by Crippen LogP contribution is 2.32. The van der Waals surface area contributed by atoms with Crippen molar-refractivity contribution < 1.29 is 0 Å². The van der Waals surface area contributed by atoms with Gasteiger partial charge in [-0.25, -0.2) is 0 Å². The standard InChI is InChI=1S/C10H22N2/c1-10(2,3)12-7-9-5-4-8(9)6-11/h8-9,12H,4-7,11H2,1-3H3/t8-,9-/m1/s1. The van der Waals surface area contributed by atoms with Crippen LogP contribution < -0.4 is 11.1 Å². The van der Waals surface area contributed by atoms with Crippen LogP contribution in [-0.4, -0.2) is 18.6 Å². The predicted octanol–water partition coefficient (Wildman–Crippen LogP) is 1.36. The van der Waals surface area contributed by atoms with E-state index in [-0.39, 0.29) is 5.54 Å². The molecule has 1 saturated carbocycles. The van der Waals surface area contributed by atoms with Crippen LogP contribution in [-0.2, 0) is 0 Å².